The lowest BCUT2D eigenvalue weighted by molar-refractivity contribution is -0.167. The summed E-state index contributed by atoms with van der Waals surface area (Å²) >= 11 is 0. The van der Waals surface area contributed by atoms with Crippen LogP contribution in [0.5, 0.6) is 0 Å². The molecule has 0 aliphatic carbocycles. The van der Waals surface area contributed by atoms with Crippen LogP contribution in [0.1, 0.15) is 298 Å². The second-order valence-electron chi connectivity index (χ2n) is 19.2. The summed E-state index contributed by atoms with van der Waals surface area (Å²) < 4.78 is 16.8. The molecule has 0 aliphatic rings. The standard InChI is InChI=1S/C54H104O6/c1-6-8-9-10-11-12-13-14-15-20-23-26-29-36-41-46-54(57)60-51(48-59-53(56)45-40-35-31-30-32-37-42-49(3)4)47-58-52(55)44-39-34-28-25-22-19-17-16-18-21-24-27-33-38-43-50(5)7-2/h49-51H,6-48H2,1-5H3/t50?,51-/m0/s1. The highest BCUT2D eigenvalue weighted by atomic mass is 16.6. The Morgan fingerprint density at radius 3 is 0.950 bits per heavy atom. The van der Waals surface area contributed by atoms with Gasteiger partial charge in [0.1, 0.15) is 13.2 Å². The van der Waals surface area contributed by atoms with Crippen LogP contribution in [0.15, 0.2) is 0 Å². The van der Waals surface area contributed by atoms with E-state index in [-0.39, 0.29) is 31.1 Å². The van der Waals surface area contributed by atoms with Gasteiger partial charge in [0.05, 0.1) is 0 Å². The molecule has 0 aromatic rings. The first-order valence-corrected chi connectivity index (χ1v) is 26.8. The van der Waals surface area contributed by atoms with Crippen LogP contribution in [0.2, 0.25) is 0 Å². The van der Waals surface area contributed by atoms with Crippen molar-refractivity contribution < 1.29 is 28.6 Å². The molecule has 0 N–H and O–H groups in total. The van der Waals surface area contributed by atoms with Crippen molar-refractivity contribution in [1.29, 1.82) is 0 Å². The molecule has 1 unspecified atom stereocenters. The lowest BCUT2D eigenvalue weighted by atomic mass is 9.99. The molecule has 0 aliphatic heterocycles. The fraction of sp³-hybridized carbons (Fsp3) is 0.944. The van der Waals surface area contributed by atoms with Crippen LogP contribution >= 0.6 is 0 Å². The highest BCUT2D eigenvalue weighted by Crippen LogP contribution is 2.18. The van der Waals surface area contributed by atoms with Gasteiger partial charge in [-0.2, -0.15) is 0 Å². The Labute approximate surface area is 374 Å². The number of ether oxygens (including phenoxy) is 3. The SMILES string of the molecule is CCCCCCCCCCCCCCCCCC(=O)O[C@@H](COC(=O)CCCCCCCCCCCCCCCCC(C)CC)COC(=O)CCCCCCCCC(C)C. The minimum atomic E-state index is -0.762. The maximum absolute atomic E-state index is 12.8. The summed E-state index contributed by atoms with van der Waals surface area (Å²) in [4.78, 5) is 37.9. The zero-order valence-electron chi connectivity index (χ0n) is 41.1. The summed E-state index contributed by atoms with van der Waals surface area (Å²) in [6.07, 6.45) is 48.1. The number of unbranched alkanes of at least 4 members (excludes halogenated alkanes) is 32. The third-order valence-electron chi connectivity index (χ3n) is 12.6. The smallest absolute Gasteiger partial charge is 0.306 e. The lowest BCUT2D eigenvalue weighted by Gasteiger charge is -2.18. The Morgan fingerprint density at radius 2 is 0.633 bits per heavy atom. The van der Waals surface area contributed by atoms with E-state index in [1.54, 1.807) is 0 Å². The summed E-state index contributed by atoms with van der Waals surface area (Å²) in [7, 11) is 0. The zero-order valence-corrected chi connectivity index (χ0v) is 41.1. The maximum Gasteiger partial charge on any atom is 0.306 e. The van der Waals surface area contributed by atoms with Crippen molar-refractivity contribution in [3.63, 3.8) is 0 Å². The van der Waals surface area contributed by atoms with E-state index in [1.807, 2.05) is 0 Å². The molecule has 0 rings (SSSR count). The molecule has 0 fully saturated rings. The number of carbonyl (C=O) groups is 3. The van der Waals surface area contributed by atoms with Gasteiger partial charge in [-0.05, 0) is 31.1 Å². The third-order valence-corrected chi connectivity index (χ3v) is 12.6. The molecule has 0 aromatic heterocycles. The Balaban J connectivity index is 4.24. The summed E-state index contributed by atoms with van der Waals surface area (Å²) in [5, 5.41) is 0. The highest BCUT2D eigenvalue weighted by molar-refractivity contribution is 5.71. The van der Waals surface area contributed by atoms with Crippen molar-refractivity contribution >= 4 is 17.9 Å². The van der Waals surface area contributed by atoms with Gasteiger partial charge in [-0.3, -0.25) is 14.4 Å². The maximum atomic E-state index is 12.8. The van der Waals surface area contributed by atoms with Gasteiger partial charge >= 0.3 is 17.9 Å². The van der Waals surface area contributed by atoms with Crippen LogP contribution in [0.3, 0.4) is 0 Å². The van der Waals surface area contributed by atoms with Gasteiger partial charge < -0.3 is 14.2 Å². The van der Waals surface area contributed by atoms with Crippen LogP contribution in [-0.4, -0.2) is 37.2 Å². The molecule has 60 heavy (non-hydrogen) atoms. The molecule has 0 aromatic carbocycles. The van der Waals surface area contributed by atoms with E-state index in [0.29, 0.717) is 19.3 Å². The molecule has 6 nitrogen and oxygen atoms in total. The average Bonchev–Trinajstić information content (AvgIpc) is 3.23. The highest BCUT2D eigenvalue weighted by Gasteiger charge is 2.19. The van der Waals surface area contributed by atoms with Gasteiger partial charge in [0, 0.05) is 19.3 Å². The molecule has 0 heterocycles. The normalized spacial score (nSPS) is 12.5. The third kappa shape index (κ3) is 45.9. The van der Waals surface area contributed by atoms with Gasteiger partial charge in [-0.15, -0.1) is 0 Å². The first kappa shape index (κ1) is 58.4. The van der Waals surface area contributed by atoms with Crippen molar-refractivity contribution in [3.05, 3.63) is 0 Å². The van der Waals surface area contributed by atoms with Crippen molar-refractivity contribution in [1.82, 2.24) is 0 Å². The molecule has 0 saturated heterocycles. The number of esters is 3. The molecule has 0 radical (unpaired) electrons. The lowest BCUT2D eigenvalue weighted by Crippen LogP contribution is -2.30. The largest absolute Gasteiger partial charge is 0.462 e. The predicted octanol–water partition coefficient (Wildman–Crippen LogP) is 17.3. The van der Waals surface area contributed by atoms with Crippen molar-refractivity contribution in [2.75, 3.05) is 13.2 Å². The summed E-state index contributed by atoms with van der Waals surface area (Å²) in [5.74, 6) is 0.809. The summed E-state index contributed by atoms with van der Waals surface area (Å²) in [6.45, 7) is 11.4. The zero-order chi connectivity index (χ0) is 44.0. The Bertz CT molecular complexity index is 918. The van der Waals surface area contributed by atoms with E-state index in [1.165, 1.54) is 186 Å². The molecular formula is C54H104O6. The second-order valence-corrected chi connectivity index (χ2v) is 19.2. The van der Waals surface area contributed by atoms with Gasteiger partial charge in [-0.1, -0.05) is 259 Å². The fourth-order valence-electron chi connectivity index (χ4n) is 8.13. The van der Waals surface area contributed by atoms with E-state index in [4.69, 9.17) is 14.2 Å². The number of hydrogen-bond donors (Lipinski definition) is 0. The van der Waals surface area contributed by atoms with Crippen LogP contribution in [0, 0.1) is 11.8 Å². The van der Waals surface area contributed by atoms with E-state index in [2.05, 4.69) is 34.6 Å². The first-order valence-electron chi connectivity index (χ1n) is 26.8. The Hall–Kier alpha value is -1.59. The molecule has 0 saturated carbocycles. The van der Waals surface area contributed by atoms with Gasteiger partial charge in [0.25, 0.3) is 0 Å². The number of hydrogen-bond acceptors (Lipinski definition) is 6. The van der Waals surface area contributed by atoms with Crippen molar-refractivity contribution in [2.45, 2.75) is 304 Å². The van der Waals surface area contributed by atoms with Crippen molar-refractivity contribution in [2.24, 2.45) is 11.8 Å². The summed E-state index contributed by atoms with van der Waals surface area (Å²) in [6, 6.07) is 0. The monoisotopic (exact) mass is 849 g/mol. The van der Waals surface area contributed by atoms with E-state index in [0.717, 1.165) is 69.6 Å². The van der Waals surface area contributed by atoms with E-state index < -0.39 is 6.10 Å². The topological polar surface area (TPSA) is 78.9 Å². The predicted molar refractivity (Wildman–Crippen MR) is 256 cm³/mol. The minimum Gasteiger partial charge on any atom is -0.462 e. The Morgan fingerprint density at radius 1 is 0.350 bits per heavy atom. The molecular weight excluding hydrogens is 745 g/mol. The van der Waals surface area contributed by atoms with Crippen LogP contribution in [-0.2, 0) is 28.6 Å². The first-order chi connectivity index (χ1) is 29.3. The van der Waals surface area contributed by atoms with Gasteiger partial charge in [0.2, 0.25) is 0 Å². The van der Waals surface area contributed by atoms with Gasteiger partial charge in [-0.25, -0.2) is 0 Å². The minimum absolute atomic E-state index is 0.0642. The molecule has 6 heteroatoms. The quantitative estimate of drug-likeness (QED) is 0.0345. The molecule has 356 valence electrons. The van der Waals surface area contributed by atoms with Crippen molar-refractivity contribution in [3.8, 4) is 0 Å². The Kier molecular flexibility index (Phi) is 45.7. The second kappa shape index (κ2) is 46.9. The molecule has 0 bridgehead atoms. The number of carbonyl (C=O) groups excluding carboxylic acids is 3. The van der Waals surface area contributed by atoms with Crippen LogP contribution in [0.4, 0.5) is 0 Å². The summed E-state index contributed by atoms with van der Waals surface area (Å²) in [5.41, 5.74) is 0. The van der Waals surface area contributed by atoms with Gasteiger partial charge in [0.15, 0.2) is 6.10 Å². The van der Waals surface area contributed by atoms with E-state index in [9.17, 15) is 14.4 Å². The number of rotatable bonds is 48. The fourth-order valence-corrected chi connectivity index (χ4v) is 8.13. The van der Waals surface area contributed by atoms with E-state index >= 15 is 0 Å². The molecule has 0 spiro atoms. The average molecular weight is 849 g/mol. The van der Waals surface area contributed by atoms with Crippen LogP contribution < -0.4 is 0 Å². The van der Waals surface area contributed by atoms with Crippen LogP contribution in [0.25, 0.3) is 0 Å². The molecule has 2 atom stereocenters. The molecule has 0 amide bonds.